The fourth-order valence-electron chi connectivity index (χ4n) is 4.22. The van der Waals surface area contributed by atoms with Gasteiger partial charge in [0.25, 0.3) is 0 Å². The number of nitrogens with zero attached hydrogens (tertiary/aromatic N) is 1. The zero-order valence-corrected chi connectivity index (χ0v) is 13.1. The highest BCUT2D eigenvalue weighted by Crippen LogP contribution is 2.32. The summed E-state index contributed by atoms with van der Waals surface area (Å²) in [5, 5.41) is 10.1. The number of hydrogen-bond donors (Lipinski definition) is 1. The van der Waals surface area contributed by atoms with Crippen molar-refractivity contribution in [3.05, 3.63) is 29.8 Å². The first-order valence-corrected chi connectivity index (χ1v) is 8.87. The molecule has 0 unspecified atom stereocenters. The van der Waals surface area contributed by atoms with Crippen molar-refractivity contribution in [2.45, 2.75) is 82.8 Å². The Bertz CT molecular complexity index is 415. The number of hydrogen-bond acceptors (Lipinski definition) is 2. The Balaban J connectivity index is 1.75. The Labute approximate surface area is 129 Å². The highest BCUT2D eigenvalue weighted by molar-refractivity contribution is 5.31. The lowest BCUT2D eigenvalue weighted by molar-refractivity contribution is 0.0724. The van der Waals surface area contributed by atoms with E-state index in [1.165, 1.54) is 64.2 Å². The van der Waals surface area contributed by atoms with Crippen molar-refractivity contribution in [2.75, 3.05) is 0 Å². The van der Waals surface area contributed by atoms with Gasteiger partial charge in [-0.25, -0.2) is 0 Å². The Hall–Kier alpha value is -1.02. The second-order valence-electron chi connectivity index (χ2n) is 6.88. The van der Waals surface area contributed by atoms with Crippen molar-refractivity contribution >= 4 is 0 Å². The van der Waals surface area contributed by atoms with Gasteiger partial charge in [-0.2, -0.15) is 0 Å². The third kappa shape index (κ3) is 3.79. The van der Waals surface area contributed by atoms with Gasteiger partial charge in [0.15, 0.2) is 0 Å². The van der Waals surface area contributed by atoms with Crippen LogP contribution in [0.25, 0.3) is 0 Å². The minimum Gasteiger partial charge on any atom is -0.508 e. The molecule has 0 atom stereocenters. The standard InChI is InChI=1S/C19H29NO/c21-19-14-8-7-9-16(19)15-20(17-10-3-1-4-11-17)18-12-5-2-6-13-18/h7-9,14,17-18,21H,1-6,10-13,15H2. The van der Waals surface area contributed by atoms with Crippen molar-refractivity contribution in [2.24, 2.45) is 0 Å². The van der Waals surface area contributed by atoms with Gasteiger partial charge in [-0.3, -0.25) is 4.90 Å². The zero-order valence-electron chi connectivity index (χ0n) is 13.1. The summed E-state index contributed by atoms with van der Waals surface area (Å²) in [5.41, 5.74) is 1.11. The number of benzene rings is 1. The van der Waals surface area contributed by atoms with Gasteiger partial charge >= 0.3 is 0 Å². The fourth-order valence-corrected chi connectivity index (χ4v) is 4.22. The molecule has 2 heteroatoms. The SMILES string of the molecule is Oc1ccccc1CN(C1CCCCC1)C1CCCCC1. The molecule has 0 bridgehead atoms. The maximum Gasteiger partial charge on any atom is 0.120 e. The lowest BCUT2D eigenvalue weighted by Crippen LogP contribution is -2.44. The maximum atomic E-state index is 10.1. The molecule has 1 N–H and O–H groups in total. The molecule has 2 fully saturated rings. The molecule has 0 aliphatic heterocycles. The summed E-state index contributed by atoms with van der Waals surface area (Å²) in [7, 11) is 0. The lowest BCUT2D eigenvalue weighted by Gasteiger charge is -2.41. The van der Waals surface area contributed by atoms with Crippen LogP contribution in [0.5, 0.6) is 5.75 Å². The molecule has 0 spiro atoms. The van der Waals surface area contributed by atoms with Gasteiger partial charge in [-0.05, 0) is 31.7 Å². The van der Waals surface area contributed by atoms with Gasteiger partial charge in [-0.1, -0.05) is 56.7 Å². The van der Waals surface area contributed by atoms with Crippen molar-refractivity contribution in [1.29, 1.82) is 0 Å². The molecule has 0 amide bonds. The average molecular weight is 287 g/mol. The third-order valence-electron chi connectivity index (χ3n) is 5.43. The second kappa shape index (κ2) is 7.31. The van der Waals surface area contributed by atoms with Crippen LogP contribution in [0, 0.1) is 0 Å². The third-order valence-corrected chi connectivity index (χ3v) is 5.43. The molecule has 3 rings (SSSR count). The van der Waals surface area contributed by atoms with E-state index in [0.29, 0.717) is 5.75 Å². The molecule has 1 aromatic carbocycles. The van der Waals surface area contributed by atoms with Crippen LogP contribution in [0.15, 0.2) is 24.3 Å². The number of phenols is 1. The first-order valence-electron chi connectivity index (χ1n) is 8.87. The molecule has 1 aromatic rings. The van der Waals surface area contributed by atoms with Crippen molar-refractivity contribution in [1.82, 2.24) is 4.90 Å². The molecular weight excluding hydrogens is 258 g/mol. The number of phenolic OH excluding ortho intramolecular Hbond substituents is 1. The number of para-hydroxylation sites is 1. The van der Waals surface area contributed by atoms with Gasteiger partial charge in [0.2, 0.25) is 0 Å². The van der Waals surface area contributed by atoms with E-state index in [0.717, 1.165) is 24.2 Å². The molecule has 0 saturated heterocycles. The van der Waals surface area contributed by atoms with Gasteiger partial charge in [0.1, 0.15) is 5.75 Å². The van der Waals surface area contributed by atoms with E-state index in [2.05, 4.69) is 17.0 Å². The minimum absolute atomic E-state index is 0.467. The van der Waals surface area contributed by atoms with Crippen LogP contribution < -0.4 is 0 Å². The highest BCUT2D eigenvalue weighted by Gasteiger charge is 2.29. The van der Waals surface area contributed by atoms with Crippen molar-refractivity contribution < 1.29 is 5.11 Å². The van der Waals surface area contributed by atoms with E-state index in [4.69, 9.17) is 0 Å². The summed E-state index contributed by atoms with van der Waals surface area (Å²) in [4.78, 5) is 2.74. The molecule has 2 aliphatic rings. The van der Waals surface area contributed by atoms with E-state index < -0.39 is 0 Å². The van der Waals surface area contributed by atoms with Crippen LogP contribution in [-0.4, -0.2) is 22.1 Å². The molecule has 2 nitrogen and oxygen atoms in total. The molecule has 2 aliphatic carbocycles. The monoisotopic (exact) mass is 287 g/mol. The topological polar surface area (TPSA) is 23.5 Å². The van der Waals surface area contributed by atoms with Crippen LogP contribution in [0.3, 0.4) is 0 Å². The first kappa shape index (κ1) is 14.9. The van der Waals surface area contributed by atoms with Gasteiger partial charge in [0, 0.05) is 24.2 Å². The van der Waals surface area contributed by atoms with E-state index >= 15 is 0 Å². The van der Waals surface area contributed by atoms with Crippen LogP contribution in [0.2, 0.25) is 0 Å². The summed E-state index contributed by atoms with van der Waals surface area (Å²) in [6, 6.07) is 9.37. The first-order chi connectivity index (χ1) is 10.3. The van der Waals surface area contributed by atoms with E-state index in [9.17, 15) is 5.11 Å². The van der Waals surface area contributed by atoms with Crippen molar-refractivity contribution in [3.8, 4) is 5.75 Å². The van der Waals surface area contributed by atoms with Crippen LogP contribution in [-0.2, 0) is 6.54 Å². The molecule has 116 valence electrons. The van der Waals surface area contributed by atoms with E-state index in [1.54, 1.807) is 0 Å². The normalized spacial score (nSPS) is 21.8. The summed E-state index contributed by atoms with van der Waals surface area (Å²) in [6.07, 6.45) is 13.8. The lowest BCUT2D eigenvalue weighted by atomic mass is 9.88. The van der Waals surface area contributed by atoms with Gasteiger partial charge < -0.3 is 5.11 Å². The smallest absolute Gasteiger partial charge is 0.120 e. The minimum atomic E-state index is 0.467. The largest absolute Gasteiger partial charge is 0.508 e. The van der Waals surface area contributed by atoms with Crippen LogP contribution >= 0.6 is 0 Å². The maximum absolute atomic E-state index is 10.1. The fraction of sp³-hybridized carbons (Fsp3) is 0.684. The molecule has 0 aromatic heterocycles. The van der Waals surface area contributed by atoms with E-state index in [-0.39, 0.29) is 0 Å². The Morgan fingerprint density at radius 3 is 1.86 bits per heavy atom. The van der Waals surface area contributed by atoms with Gasteiger partial charge in [-0.15, -0.1) is 0 Å². The summed E-state index contributed by atoms with van der Waals surface area (Å²) >= 11 is 0. The quantitative estimate of drug-likeness (QED) is 0.855. The van der Waals surface area contributed by atoms with Crippen LogP contribution in [0.4, 0.5) is 0 Å². The number of aromatic hydroxyl groups is 1. The second-order valence-corrected chi connectivity index (χ2v) is 6.88. The van der Waals surface area contributed by atoms with Crippen molar-refractivity contribution in [3.63, 3.8) is 0 Å². The molecule has 0 radical (unpaired) electrons. The molecule has 0 heterocycles. The highest BCUT2D eigenvalue weighted by atomic mass is 16.3. The zero-order chi connectivity index (χ0) is 14.5. The summed E-state index contributed by atoms with van der Waals surface area (Å²) in [5.74, 6) is 0.467. The predicted molar refractivity (Wildman–Crippen MR) is 87.4 cm³/mol. The van der Waals surface area contributed by atoms with Crippen LogP contribution in [0.1, 0.15) is 69.8 Å². The van der Waals surface area contributed by atoms with E-state index in [1.807, 2.05) is 12.1 Å². The molecule has 21 heavy (non-hydrogen) atoms. The summed E-state index contributed by atoms with van der Waals surface area (Å²) < 4.78 is 0. The Kier molecular flexibility index (Phi) is 5.18. The Morgan fingerprint density at radius 1 is 0.810 bits per heavy atom. The van der Waals surface area contributed by atoms with Gasteiger partial charge in [0.05, 0.1) is 0 Å². The summed E-state index contributed by atoms with van der Waals surface area (Å²) in [6.45, 7) is 0.933. The number of rotatable bonds is 4. The molecular formula is C19H29NO. The Morgan fingerprint density at radius 2 is 1.33 bits per heavy atom. The average Bonchev–Trinajstić information content (AvgIpc) is 2.56. The predicted octanol–water partition coefficient (Wildman–Crippen LogP) is 4.86. The molecule has 2 saturated carbocycles.